The summed E-state index contributed by atoms with van der Waals surface area (Å²) in [5.74, 6) is 0. The summed E-state index contributed by atoms with van der Waals surface area (Å²) in [6.07, 6.45) is 7.29. The van der Waals surface area contributed by atoms with Gasteiger partial charge in [-0.3, -0.25) is 0 Å². The first kappa shape index (κ1) is 19.9. The van der Waals surface area contributed by atoms with Crippen LogP contribution >= 0.6 is 0 Å². The molecule has 27 heavy (non-hydrogen) atoms. The van der Waals surface area contributed by atoms with E-state index >= 15 is 0 Å². The first-order chi connectivity index (χ1) is 13.0. The molecule has 0 amide bonds. The van der Waals surface area contributed by atoms with E-state index in [4.69, 9.17) is 4.74 Å². The van der Waals surface area contributed by atoms with E-state index in [-0.39, 0.29) is 5.60 Å². The largest absolute Gasteiger partial charge is 0.376 e. The molecule has 0 radical (unpaired) electrons. The highest BCUT2D eigenvalue weighted by molar-refractivity contribution is 5.87. The van der Waals surface area contributed by atoms with Crippen molar-refractivity contribution < 1.29 is 4.74 Å². The van der Waals surface area contributed by atoms with Crippen LogP contribution < -0.4 is 0 Å². The molecule has 0 spiro atoms. The van der Waals surface area contributed by atoms with E-state index in [0.717, 1.165) is 13.0 Å². The summed E-state index contributed by atoms with van der Waals surface area (Å²) in [7, 11) is 0. The number of allylic oxidation sites excluding steroid dienone is 2. The summed E-state index contributed by atoms with van der Waals surface area (Å²) in [6, 6.07) is 17.6. The fourth-order valence-electron chi connectivity index (χ4n) is 4.04. The van der Waals surface area contributed by atoms with Gasteiger partial charge in [-0.2, -0.15) is 0 Å². The number of hydrogen-bond acceptors (Lipinski definition) is 1. The Kier molecular flexibility index (Phi) is 6.55. The van der Waals surface area contributed by atoms with Gasteiger partial charge < -0.3 is 4.74 Å². The van der Waals surface area contributed by atoms with Gasteiger partial charge in [-0.1, -0.05) is 66.9 Å². The predicted octanol–water partition coefficient (Wildman–Crippen LogP) is 7.45. The van der Waals surface area contributed by atoms with Crippen molar-refractivity contribution in [2.75, 3.05) is 6.61 Å². The summed E-state index contributed by atoms with van der Waals surface area (Å²) in [5.41, 5.74) is 8.89. The zero-order chi connectivity index (χ0) is 19.3. The molecule has 0 bridgehead atoms. The minimum absolute atomic E-state index is 0.0106. The van der Waals surface area contributed by atoms with Gasteiger partial charge in [-0.15, -0.1) is 0 Å². The number of ether oxygens (including phenoxy) is 1. The van der Waals surface area contributed by atoms with Crippen molar-refractivity contribution in [3.63, 3.8) is 0 Å². The first-order valence-corrected chi connectivity index (χ1v) is 10.5. The molecular formula is C26H34O. The standard InChI is InChI=1S/C26H34O/c1-20-19-22-15-12-17-24(21-13-8-7-9-14-21)25(22)23(20)16-10-5-6-11-18-27-26(2,3)4/h7-9,12-15,17H,5-6,10-11,16,18-19H2,1-4H3. The van der Waals surface area contributed by atoms with Gasteiger partial charge in [0.15, 0.2) is 0 Å². The van der Waals surface area contributed by atoms with E-state index in [1.54, 1.807) is 11.1 Å². The third kappa shape index (κ3) is 5.32. The van der Waals surface area contributed by atoms with Crippen LogP contribution in [0.5, 0.6) is 0 Å². The van der Waals surface area contributed by atoms with Crippen LogP contribution in [0.15, 0.2) is 54.1 Å². The van der Waals surface area contributed by atoms with Crippen LogP contribution in [-0.2, 0) is 11.2 Å². The van der Waals surface area contributed by atoms with Crippen molar-refractivity contribution in [3.8, 4) is 11.1 Å². The highest BCUT2D eigenvalue weighted by atomic mass is 16.5. The maximum Gasteiger partial charge on any atom is 0.0598 e. The van der Waals surface area contributed by atoms with Crippen molar-refractivity contribution in [1.82, 2.24) is 0 Å². The fourth-order valence-corrected chi connectivity index (χ4v) is 4.04. The summed E-state index contributed by atoms with van der Waals surface area (Å²) >= 11 is 0. The van der Waals surface area contributed by atoms with Gasteiger partial charge in [0, 0.05) is 6.61 Å². The molecule has 2 aromatic rings. The molecule has 0 atom stereocenters. The van der Waals surface area contributed by atoms with Crippen LogP contribution in [0.25, 0.3) is 16.7 Å². The van der Waals surface area contributed by atoms with Gasteiger partial charge in [0.05, 0.1) is 5.60 Å². The van der Waals surface area contributed by atoms with Gasteiger partial charge in [-0.25, -0.2) is 0 Å². The van der Waals surface area contributed by atoms with Gasteiger partial charge in [0.25, 0.3) is 0 Å². The smallest absolute Gasteiger partial charge is 0.0598 e. The van der Waals surface area contributed by atoms with Crippen molar-refractivity contribution in [2.24, 2.45) is 0 Å². The monoisotopic (exact) mass is 362 g/mol. The molecular weight excluding hydrogens is 328 g/mol. The van der Waals surface area contributed by atoms with Crippen LogP contribution in [0.1, 0.15) is 70.9 Å². The third-order valence-corrected chi connectivity index (χ3v) is 5.36. The second-order valence-electron chi connectivity index (χ2n) is 8.77. The number of benzene rings is 2. The normalized spacial score (nSPS) is 13.9. The molecule has 2 aromatic carbocycles. The van der Waals surface area contributed by atoms with E-state index in [1.165, 1.54) is 54.4 Å². The Hall–Kier alpha value is -1.86. The van der Waals surface area contributed by atoms with Crippen molar-refractivity contribution in [1.29, 1.82) is 0 Å². The molecule has 0 fully saturated rings. The second kappa shape index (κ2) is 8.89. The first-order valence-electron chi connectivity index (χ1n) is 10.5. The Labute approximate surface area is 165 Å². The quantitative estimate of drug-likeness (QED) is 0.443. The average molecular weight is 363 g/mol. The van der Waals surface area contributed by atoms with Gasteiger partial charge >= 0.3 is 0 Å². The molecule has 0 aromatic heterocycles. The molecule has 0 heterocycles. The molecule has 0 N–H and O–H groups in total. The van der Waals surface area contributed by atoms with Crippen molar-refractivity contribution in [2.45, 2.75) is 71.8 Å². The molecule has 0 saturated carbocycles. The zero-order valence-corrected chi connectivity index (χ0v) is 17.5. The summed E-state index contributed by atoms with van der Waals surface area (Å²) < 4.78 is 5.83. The molecule has 144 valence electrons. The van der Waals surface area contributed by atoms with E-state index in [1.807, 2.05) is 0 Å². The lowest BCUT2D eigenvalue weighted by molar-refractivity contribution is -0.00472. The topological polar surface area (TPSA) is 9.23 Å². The second-order valence-corrected chi connectivity index (χ2v) is 8.77. The van der Waals surface area contributed by atoms with Crippen LogP contribution in [0.2, 0.25) is 0 Å². The Morgan fingerprint density at radius 3 is 2.33 bits per heavy atom. The summed E-state index contributed by atoms with van der Waals surface area (Å²) in [5, 5.41) is 0. The highest BCUT2D eigenvalue weighted by Gasteiger charge is 2.22. The van der Waals surface area contributed by atoms with E-state index < -0.39 is 0 Å². The number of hydrogen-bond donors (Lipinski definition) is 0. The van der Waals surface area contributed by atoms with E-state index in [2.05, 4.69) is 76.2 Å². The van der Waals surface area contributed by atoms with Crippen LogP contribution in [0.3, 0.4) is 0 Å². The molecule has 1 heteroatoms. The van der Waals surface area contributed by atoms with Crippen molar-refractivity contribution >= 4 is 5.57 Å². The molecule has 1 aliphatic rings. The molecule has 1 aliphatic carbocycles. The lowest BCUT2D eigenvalue weighted by Crippen LogP contribution is -2.19. The highest BCUT2D eigenvalue weighted by Crippen LogP contribution is 2.41. The summed E-state index contributed by atoms with van der Waals surface area (Å²) in [6.45, 7) is 9.59. The van der Waals surface area contributed by atoms with E-state index in [9.17, 15) is 0 Å². The molecule has 0 unspecified atom stereocenters. The van der Waals surface area contributed by atoms with Crippen LogP contribution in [0.4, 0.5) is 0 Å². The predicted molar refractivity (Wildman–Crippen MR) is 117 cm³/mol. The van der Waals surface area contributed by atoms with Crippen LogP contribution in [0, 0.1) is 0 Å². The van der Waals surface area contributed by atoms with Gasteiger partial charge in [0.2, 0.25) is 0 Å². The molecule has 0 saturated heterocycles. The minimum atomic E-state index is -0.0106. The number of fused-ring (bicyclic) bond motifs is 1. The Morgan fingerprint density at radius 2 is 1.59 bits per heavy atom. The summed E-state index contributed by atoms with van der Waals surface area (Å²) in [4.78, 5) is 0. The van der Waals surface area contributed by atoms with E-state index in [0.29, 0.717) is 0 Å². The molecule has 0 aliphatic heterocycles. The average Bonchev–Trinajstić information content (AvgIpc) is 2.96. The fraction of sp³-hybridized carbons (Fsp3) is 0.462. The zero-order valence-electron chi connectivity index (χ0n) is 17.5. The maximum atomic E-state index is 5.83. The van der Waals surface area contributed by atoms with Gasteiger partial charge in [0.1, 0.15) is 0 Å². The Bertz CT molecular complexity index is 778. The number of rotatable bonds is 8. The lowest BCUT2D eigenvalue weighted by Gasteiger charge is -2.19. The van der Waals surface area contributed by atoms with Gasteiger partial charge in [-0.05, 0) is 81.2 Å². The Balaban J connectivity index is 1.60. The van der Waals surface area contributed by atoms with Crippen LogP contribution in [-0.4, -0.2) is 12.2 Å². The minimum Gasteiger partial charge on any atom is -0.376 e. The number of unbranched alkanes of at least 4 members (excludes halogenated alkanes) is 3. The third-order valence-electron chi connectivity index (χ3n) is 5.36. The SMILES string of the molecule is CC1=C(CCCCCCOC(C)(C)C)c2c(cccc2-c2ccccc2)C1. The maximum absolute atomic E-state index is 5.83. The molecule has 1 nitrogen and oxygen atoms in total. The Morgan fingerprint density at radius 1 is 0.852 bits per heavy atom. The molecule has 3 rings (SSSR count). The van der Waals surface area contributed by atoms with Crippen molar-refractivity contribution in [3.05, 3.63) is 65.2 Å². The lowest BCUT2D eigenvalue weighted by atomic mass is 9.91.